The number of anilines is 3. The van der Waals surface area contributed by atoms with Crippen molar-refractivity contribution in [1.29, 1.82) is 0 Å². The Hall–Kier alpha value is -2.44. The summed E-state index contributed by atoms with van der Waals surface area (Å²) in [6.45, 7) is 11.2. The first kappa shape index (κ1) is 20.6. The molecule has 0 fully saturated rings. The molecule has 0 spiro atoms. The maximum absolute atomic E-state index is 12.0. The van der Waals surface area contributed by atoms with Crippen molar-refractivity contribution in [1.82, 2.24) is 4.90 Å². The van der Waals surface area contributed by atoms with Gasteiger partial charge in [-0.05, 0) is 52.8 Å². The first-order chi connectivity index (χ1) is 11.7. The van der Waals surface area contributed by atoms with Crippen molar-refractivity contribution in [2.45, 2.75) is 46.6 Å². The zero-order valence-corrected chi connectivity index (χ0v) is 15.8. The summed E-state index contributed by atoms with van der Waals surface area (Å²) >= 11 is 0. The van der Waals surface area contributed by atoms with Crippen LogP contribution in [-0.4, -0.2) is 42.1 Å². The van der Waals surface area contributed by atoms with Gasteiger partial charge in [-0.2, -0.15) is 0 Å². The van der Waals surface area contributed by atoms with E-state index in [0.717, 1.165) is 0 Å². The zero-order chi connectivity index (χ0) is 19.0. The number of hydrogen-bond acceptors (Lipinski definition) is 5. The third-order valence-electron chi connectivity index (χ3n) is 3.47. The van der Waals surface area contributed by atoms with E-state index in [1.165, 1.54) is 0 Å². The molecule has 4 N–H and O–H groups in total. The lowest BCUT2D eigenvalue weighted by Gasteiger charge is -2.20. The molecule has 0 bridgehead atoms. The summed E-state index contributed by atoms with van der Waals surface area (Å²) in [5.74, 6) is 0.0964. The van der Waals surface area contributed by atoms with Gasteiger partial charge in [0, 0.05) is 31.7 Å². The predicted molar refractivity (Wildman–Crippen MR) is 102 cm³/mol. The van der Waals surface area contributed by atoms with Crippen LogP contribution in [0.1, 0.15) is 41.0 Å². The highest BCUT2D eigenvalue weighted by atomic mass is 16.6. The van der Waals surface area contributed by atoms with Gasteiger partial charge >= 0.3 is 6.09 Å². The third kappa shape index (κ3) is 7.32. The van der Waals surface area contributed by atoms with Gasteiger partial charge in [0.25, 0.3) is 0 Å². The van der Waals surface area contributed by atoms with E-state index in [2.05, 4.69) is 10.6 Å². The molecule has 0 radical (unpaired) electrons. The number of amides is 2. The van der Waals surface area contributed by atoms with Gasteiger partial charge in [-0.1, -0.05) is 0 Å². The van der Waals surface area contributed by atoms with Crippen LogP contribution in [0.25, 0.3) is 0 Å². The second-order valence-corrected chi connectivity index (χ2v) is 6.67. The van der Waals surface area contributed by atoms with Crippen LogP contribution in [0.2, 0.25) is 0 Å². The quantitative estimate of drug-likeness (QED) is 0.656. The smallest absolute Gasteiger partial charge is 0.412 e. The Morgan fingerprint density at radius 3 is 2.40 bits per heavy atom. The fraction of sp³-hybridized carbons (Fsp3) is 0.556. The van der Waals surface area contributed by atoms with Gasteiger partial charge < -0.3 is 20.7 Å². The summed E-state index contributed by atoms with van der Waals surface area (Å²) < 4.78 is 5.22. The second kappa shape index (κ2) is 9.15. The van der Waals surface area contributed by atoms with Gasteiger partial charge in [-0.15, -0.1) is 0 Å². The molecule has 0 aliphatic heterocycles. The topological polar surface area (TPSA) is 96.7 Å². The Morgan fingerprint density at radius 2 is 1.84 bits per heavy atom. The van der Waals surface area contributed by atoms with Crippen molar-refractivity contribution in [2.75, 3.05) is 36.0 Å². The number of nitrogen functional groups attached to an aromatic ring is 1. The molecule has 0 aromatic heterocycles. The number of hydrogen-bond donors (Lipinski definition) is 3. The van der Waals surface area contributed by atoms with Crippen LogP contribution in [0.4, 0.5) is 21.9 Å². The number of carbonyl (C=O) groups excluding carboxylic acids is 2. The van der Waals surface area contributed by atoms with Crippen molar-refractivity contribution >= 4 is 29.1 Å². The molecule has 7 nitrogen and oxygen atoms in total. The molecule has 0 heterocycles. The molecular weight excluding hydrogens is 320 g/mol. The van der Waals surface area contributed by atoms with Crippen LogP contribution in [0, 0.1) is 0 Å². The van der Waals surface area contributed by atoms with Crippen LogP contribution < -0.4 is 16.4 Å². The minimum Gasteiger partial charge on any atom is -0.444 e. The molecular formula is C18H30N4O3. The molecule has 0 atom stereocenters. The lowest BCUT2D eigenvalue weighted by molar-refractivity contribution is -0.130. The Labute approximate surface area is 149 Å². The van der Waals surface area contributed by atoms with Gasteiger partial charge in [0.05, 0.1) is 11.4 Å². The van der Waals surface area contributed by atoms with Gasteiger partial charge in [-0.25, -0.2) is 4.79 Å². The number of nitrogens with zero attached hydrogens (tertiary/aromatic N) is 1. The summed E-state index contributed by atoms with van der Waals surface area (Å²) in [6.07, 6.45) is -0.148. The summed E-state index contributed by atoms with van der Waals surface area (Å²) in [5.41, 5.74) is 7.17. The Kier molecular flexibility index (Phi) is 7.54. The van der Waals surface area contributed by atoms with Crippen LogP contribution in [0.5, 0.6) is 0 Å². The van der Waals surface area contributed by atoms with Crippen LogP contribution in [-0.2, 0) is 9.53 Å². The van der Waals surface area contributed by atoms with Crippen LogP contribution in [0.3, 0.4) is 0 Å². The molecule has 1 aromatic rings. The monoisotopic (exact) mass is 350 g/mol. The number of carbonyl (C=O) groups is 2. The highest BCUT2D eigenvalue weighted by Crippen LogP contribution is 2.23. The molecule has 0 saturated carbocycles. The number of nitrogens with two attached hydrogens (primary N) is 1. The van der Waals surface area contributed by atoms with E-state index in [-0.39, 0.29) is 5.91 Å². The molecule has 1 aromatic carbocycles. The average Bonchev–Trinajstić information content (AvgIpc) is 2.49. The van der Waals surface area contributed by atoms with Crippen LogP contribution in [0.15, 0.2) is 18.2 Å². The van der Waals surface area contributed by atoms with E-state index in [4.69, 9.17) is 10.5 Å². The maximum Gasteiger partial charge on any atom is 0.412 e. The van der Waals surface area contributed by atoms with E-state index in [0.29, 0.717) is 43.1 Å². The molecule has 0 saturated heterocycles. The lowest BCUT2D eigenvalue weighted by atomic mass is 10.2. The first-order valence-corrected chi connectivity index (χ1v) is 8.57. The van der Waals surface area contributed by atoms with Gasteiger partial charge in [0.1, 0.15) is 5.60 Å². The molecule has 0 aliphatic rings. The molecule has 7 heteroatoms. The van der Waals surface area contributed by atoms with Crippen molar-refractivity contribution in [3.63, 3.8) is 0 Å². The van der Waals surface area contributed by atoms with Crippen molar-refractivity contribution in [3.05, 3.63) is 18.2 Å². The summed E-state index contributed by atoms with van der Waals surface area (Å²) in [4.78, 5) is 25.6. The second-order valence-electron chi connectivity index (χ2n) is 6.67. The highest BCUT2D eigenvalue weighted by Gasteiger charge is 2.16. The van der Waals surface area contributed by atoms with E-state index in [1.54, 1.807) is 43.9 Å². The highest BCUT2D eigenvalue weighted by molar-refractivity contribution is 5.87. The van der Waals surface area contributed by atoms with E-state index in [1.807, 2.05) is 13.8 Å². The lowest BCUT2D eigenvalue weighted by Crippen LogP contribution is -2.31. The standard InChI is InChI=1S/C18H30N4O3/c1-6-22(7-2)16(23)10-11-20-15-12-13(8-9-14(15)19)21-17(24)25-18(3,4)5/h8-9,12,20H,6-7,10-11,19H2,1-5H3,(H,21,24). The Morgan fingerprint density at radius 1 is 1.20 bits per heavy atom. The maximum atomic E-state index is 12.0. The normalized spacial score (nSPS) is 10.9. The molecule has 2 amide bonds. The fourth-order valence-corrected chi connectivity index (χ4v) is 2.25. The van der Waals surface area contributed by atoms with Gasteiger partial charge in [0.2, 0.25) is 5.91 Å². The Bertz CT molecular complexity index is 592. The largest absolute Gasteiger partial charge is 0.444 e. The average molecular weight is 350 g/mol. The molecule has 140 valence electrons. The number of ether oxygens (including phenoxy) is 1. The van der Waals surface area contributed by atoms with Crippen molar-refractivity contribution in [2.24, 2.45) is 0 Å². The van der Waals surface area contributed by atoms with Gasteiger partial charge in [0.15, 0.2) is 0 Å². The van der Waals surface area contributed by atoms with Crippen LogP contribution >= 0.6 is 0 Å². The van der Waals surface area contributed by atoms with E-state index < -0.39 is 11.7 Å². The van der Waals surface area contributed by atoms with E-state index in [9.17, 15) is 9.59 Å². The predicted octanol–water partition coefficient (Wildman–Crippen LogP) is 3.29. The minimum absolute atomic E-state index is 0.0964. The minimum atomic E-state index is -0.566. The summed E-state index contributed by atoms with van der Waals surface area (Å²) in [5, 5.41) is 5.81. The Balaban J connectivity index is 2.63. The summed E-state index contributed by atoms with van der Waals surface area (Å²) in [7, 11) is 0. The number of nitrogens with one attached hydrogen (secondary N) is 2. The summed E-state index contributed by atoms with van der Waals surface area (Å²) in [6, 6.07) is 5.12. The fourth-order valence-electron chi connectivity index (χ4n) is 2.25. The van der Waals surface area contributed by atoms with Crippen molar-refractivity contribution < 1.29 is 14.3 Å². The number of rotatable bonds is 7. The van der Waals surface area contributed by atoms with Crippen molar-refractivity contribution in [3.8, 4) is 0 Å². The molecule has 1 rings (SSSR count). The SMILES string of the molecule is CCN(CC)C(=O)CCNc1cc(NC(=O)OC(C)(C)C)ccc1N. The molecule has 0 unspecified atom stereocenters. The van der Waals surface area contributed by atoms with E-state index >= 15 is 0 Å². The third-order valence-corrected chi connectivity index (χ3v) is 3.47. The van der Waals surface area contributed by atoms with Gasteiger partial charge in [-0.3, -0.25) is 10.1 Å². The number of benzene rings is 1. The first-order valence-electron chi connectivity index (χ1n) is 8.57. The zero-order valence-electron chi connectivity index (χ0n) is 15.8. The molecule has 25 heavy (non-hydrogen) atoms. The molecule has 0 aliphatic carbocycles.